The number of fused-ring (bicyclic) bond motifs is 1. The Labute approximate surface area is 291 Å². The smallest absolute Gasteiger partial charge is 0.193 e. The molecule has 49 heavy (non-hydrogen) atoms. The third-order valence-corrected chi connectivity index (χ3v) is 10.7. The van der Waals surface area contributed by atoms with Crippen molar-refractivity contribution >= 4 is 28.1 Å². The van der Waals surface area contributed by atoms with Crippen LogP contribution in [-0.4, -0.2) is 78.4 Å². The van der Waals surface area contributed by atoms with Gasteiger partial charge in [-0.15, -0.1) is 0 Å². The van der Waals surface area contributed by atoms with Gasteiger partial charge in [0.1, 0.15) is 11.6 Å². The van der Waals surface area contributed by atoms with Gasteiger partial charge in [0, 0.05) is 93.7 Å². The number of nitrogens with one attached hydrogen (secondary N) is 3. The van der Waals surface area contributed by atoms with Crippen LogP contribution >= 0.6 is 0 Å². The summed E-state index contributed by atoms with van der Waals surface area (Å²) in [5, 5.41) is 10.5. The van der Waals surface area contributed by atoms with E-state index in [2.05, 4.69) is 99.2 Å². The molecule has 0 aliphatic carbocycles. The lowest BCUT2D eigenvalue weighted by molar-refractivity contribution is 0.181. The Morgan fingerprint density at radius 2 is 1.90 bits per heavy atom. The minimum Gasteiger partial charge on any atom is -0.385 e. The summed E-state index contributed by atoms with van der Waals surface area (Å²) >= 11 is 0. The second-order valence-corrected chi connectivity index (χ2v) is 14.6. The first-order chi connectivity index (χ1) is 23.6. The van der Waals surface area contributed by atoms with E-state index < -0.39 is 0 Å². The van der Waals surface area contributed by atoms with Crippen molar-refractivity contribution in [3.63, 3.8) is 0 Å². The van der Waals surface area contributed by atoms with E-state index >= 15 is 4.39 Å². The molecule has 5 atom stereocenters. The van der Waals surface area contributed by atoms with Crippen molar-refractivity contribution in [2.45, 2.75) is 97.6 Å². The van der Waals surface area contributed by atoms with Crippen molar-refractivity contribution in [1.82, 2.24) is 25.1 Å². The lowest BCUT2D eigenvalue weighted by Crippen LogP contribution is -2.54. The molecule has 9 nitrogen and oxygen atoms in total. The fourth-order valence-electron chi connectivity index (χ4n) is 8.09. The van der Waals surface area contributed by atoms with Crippen LogP contribution in [0.4, 0.5) is 21.6 Å². The topological polar surface area (TPSA) is 80.7 Å². The first kappa shape index (κ1) is 35.0. The highest BCUT2D eigenvalue weighted by Crippen LogP contribution is 2.34. The summed E-state index contributed by atoms with van der Waals surface area (Å²) in [6.45, 7) is 17.3. The third kappa shape index (κ3) is 7.50. The molecule has 10 heteroatoms. The van der Waals surface area contributed by atoms with Crippen LogP contribution in [-0.2, 0) is 6.54 Å². The van der Waals surface area contributed by atoms with Crippen molar-refractivity contribution in [3.05, 3.63) is 81.7 Å². The van der Waals surface area contributed by atoms with Crippen LogP contribution in [0.15, 0.2) is 59.3 Å². The van der Waals surface area contributed by atoms with Crippen molar-refractivity contribution in [1.29, 1.82) is 0 Å². The number of nitrogens with zero attached hydrogens (tertiary/aromatic N) is 5. The molecular formula is C39H55FN8O. The zero-order chi connectivity index (χ0) is 34.8. The van der Waals surface area contributed by atoms with Gasteiger partial charge in [0.05, 0.1) is 23.1 Å². The summed E-state index contributed by atoms with van der Waals surface area (Å²) < 4.78 is 18.5. The first-order valence-corrected chi connectivity index (χ1v) is 18.2. The van der Waals surface area contributed by atoms with Crippen LogP contribution < -0.4 is 31.2 Å². The van der Waals surface area contributed by atoms with Gasteiger partial charge in [0.2, 0.25) is 0 Å². The zero-order valence-electron chi connectivity index (χ0n) is 30.4. The maximum Gasteiger partial charge on any atom is 0.193 e. The summed E-state index contributed by atoms with van der Waals surface area (Å²) in [4.78, 5) is 26.1. The molecule has 0 radical (unpaired) electrons. The molecule has 264 valence electrons. The van der Waals surface area contributed by atoms with E-state index in [9.17, 15) is 4.79 Å². The van der Waals surface area contributed by atoms with Crippen molar-refractivity contribution < 1.29 is 4.39 Å². The largest absolute Gasteiger partial charge is 0.385 e. The van der Waals surface area contributed by atoms with Gasteiger partial charge < -0.3 is 30.3 Å². The van der Waals surface area contributed by atoms with Crippen molar-refractivity contribution in [3.8, 4) is 0 Å². The van der Waals surface area contributed by atoms with Crippen LogP contribution in [0, 0.1) is 12.7 Å². The normalized spacial score (nSPS) is 23.5. The highest BCUT2D eigenvalue weighted by Gasteiger charge is 2.30. The first-order valence-electron chi connectivity index (χ1n) is 18.2. The highest BCUT2D eigenvalue weighted by atomic mass is 19.1. The summed E-state index contributed by atoms with van der Waals surface area (Å²) in [7, 11) is 1.88. The SMILES string of the molecule is CCC(C)n1cc(CN(CC2=CC(C)NC=C2)C2CCCN(c3ccc(NC)nc3)C2)c(=O)c2cc(F)c(N3CC(C)NC(C)C3)c(C)c21. The summed E-state index contributed by atoms with van der Waals surface area (Å²) in [6, 6.07) is 6.77. The quantitative estimate of drug-likeness (QED) is 0.245. The van der Waals surface area contributed by atoms with E-state index in [4.69, 9.17) is 0 Å². The number of hydrogen-bond donors (Lipinski definition) is 3. The van der Waals surface area contributed by atoms with E-state index in [0.717, 1.165) is 74.6 Å². The summed E-state index contributed by atoms with van der Waals surface area (Å²) in [6.07, 6.45) is 13.4. The van der Waals surface area contributed by atoms with Gasteiger partial charge in [-0.05, 0) is 95.5 Å². The van der Waals surface area contributed by atoms with E-state index in [1.807, 2.05) is 32.4 Å². The van der Waals surface area contributed by atoms with Gasteiger partial charge in [-0.25, -0.2) is 9.37 Å². The Hall–Kier alpha value is -3.89. The number of piperazine rings is 1. The lowest BCUT2D eigenvalue weighted by Gasteiger charge is -2.41. The molecule has 0 saturated carbocycles. The predicted octanol–water partition coefficient (Wildman–Crippen LogP) is 5.95. The Kier molecular flexibility index (Phi) is 10.6. The molecule has 2 saturated heterocycles. The van der Waals surface area contributed by atoms with E-state index in [1.165, 1.54) is 11.6 Å². The van der Waals surface area contributed by atoms with E-state index in [0.29, 0.717) is 23.2 Å². The molecule has 3 aliphatic heterocycles. The lowest BCUT2D eigenvalue weighted by atomic mass is 9.99. The van der Waals surface area contributed by atoms with Crippen molar-refractivity contribution in [2.75, 3.05) is 54.9 Å². The van der Waals surface area contributed by atoms with E-state index in [1.54, 1.807) is 0 Å². The second-order valence-electron chi connectivity index (χ2n) is 14.6. The molecule has 2 fully saturated rings. The standard InChI is InChI=1S/C39H55FN8O/c1-8-28(5)48-23-31(39(49)34-17-35(40)38(29(6)37(34)48)47-19-26(3)44-27(4)20-47)22-46(21-30-13-14-42-25(2)16-30)33-10-9-15-45(24-33)32-11-12-36(41-7)43-18-32/h11-14,16-18,23,25-28,33,42,44H,8-10,15,19-22,24H2,1-7H3,(H,41,43). The van der Waals surface area contributed by atoms with Crippen LogP contribution in [0.1, 0.15) is 71.0 Å². The number of dihydropyridines is 1. The molecule has 0 bridgehead atoms. The summed E-state index contributed by atoms with van der Waals surface area (Å²) in [5.74, 6) is 0.537. The fraction of sp³-hybridized carbons (Fsp3) is 0.538. The van der Waals surface area contributed by atoms with Crippen LogP contribution in [0.25, 0.3) is 10.9 Å². The fourth-order valence-corrected chi connectivity index (χ4v) is 8.09. The molecule has 2 aromatic heterocycles. The number of aryl methyl sites for hydroxylation is 1. The predicted molar refractivity (Wildman–Crippen MR) is 201 cm³/mol. The highest BCUT2D eigenvalue weighted by molar-refractivity contribution is 5.88. The van der Waals surface area contributed by atoms with Gasteiger partial charge in [0.25, 0.3) is 0 Å². The minimum atomic E-state index is -0.312. The Morgan fingerprint density at radius 3 is 2.57 bits per heavy atom. The zero-order valence-corrected chi connectivity index (χ0v) is 30.4. The Morgan fingerprint density at radius 1 is 1.12 bits per heavy atom. The van der Waals surface area contributed by atoms with Crippen molar-refractivity contribution in [2.24, 2.45) is 0 Å². The number of pyridine rings is 2. The number of benzene rings is 1. The van der Waals surface area contributed by atoms with E-state index in [-0.39, 0.29) is 41.5 Å². The number of halogens is 1. The number of anilines is 3. The Bertz CT molecular complexity index is 1740. The number of aromatic nitrogens is 2. The number of rotatable bonds is 10. The average molecular weight is 671 g/mol. The average Bonchev–Trinajstić information content (AvgIpc) is 3.08. The second kappa shape index (κ2) is 14.9. The molecule has 6 rings (SSSR count). The van der Waals surface area contributed by atoms with Gasteiger partial charge in [0.15, 0.2) is 5.43 Å². The number of hydrogen-bond acceptors (Lipinski definition) is 8. The summed E-state index contributed by atoms with van der Waals surface area (Å²) in [5.41, 5.74) is 5.30. The molecule has 0 spiro atoms. The van der Waals surface area contributed by atoms with Gasteiger partial charge in [-0.3, -0.25) is 9.69 Å². The third-order valence-electron chi connectivity index (χ3n) is 10.7. The molecule has 0 amide bonds. The molecule has 5 unspecified atom stereocenters. The maximum absolute atomic E-state index is 16.2. The van der Waals surface area contributed by atoms with Gasteiger partial charge >= 0.3 is 0 Å². The molecule has 5 heterocycles. The number of piperidine rings is 1. The monoisotopic (exact) mass is 670 g/mol. The Balaban J connectivity index is 1.40. The molecule has 3 aromatic rings. The molecule has 3 N–H and O–H groups in total. The molecular weight excluding hydrogens is 615 g/mol. The maximum atomic E-state index is 16.2. The molecule has 3 aliphatic rings. The van der Waals surface area contributed by atoms with Crippen LogP contribution in [0.5, 0.6) is 0 Å². The van der Waals surface area contributed by atoms with Crippen LogP contribution in [0.2, 0.25) is 0 Å². The van der Waals surface area contributed by atoms with Gasteiger partial charge in [-0.2, -0.15) is 0 Å². The molecule has 1 aromatic carbocycles. The van der Waals surface area contributed by atoms with Crippen LogP contribution in [0.3, 0.4) is 0 Å². The minimum absolute atomic E-state index is 0.0714. The van der Waals surface area contributed by atoms with Gasteiger partial charge in [-0.1, -0.05) is 13.0 Å².